The summed E-state index contributed by atoms with van der Waals surface area (Å²) in [4.78, 5) is 4.66. The Morgan fingerprint density at radius 3 is 2.31 bits per heavy atom. The van der Waals surface area contributed by atoms with Crippen molar-refractivity contribution in [3.8, 4) is 22.5 Å². The van der Waals surface area contributed by atoms with Crippen molar-refractivity contribution in [1.82, 2.24) is 19.2 Å². The van der Waals surface area contributed by atoms with Crippen molar-refractivity contribution in [3.05, 3.63) is 95.6 Å². The Bertz CT molecular complexity index is 1650. The number of anilines is 1. The number of imidazole rings is 1. The Labute approximate surface area is 221 Å². The number of aliphatic hydroxyl groups is 2. The summed E-state index contributed by atoms with van der Waals surface area (Å²) in [5.74, 6) is -0.953. The molecule has 0 bridgehead atoms. The second-order valence-electron chi connectivity index (χ2n) is 9.72. The van der Waals surface area contributed by atoms with Gasteiger partial charge in [-0.15, -0.1) is 0 Å². The average molecular weight is 540 g/mol. The van der Waals surface area contributed by atoms with Crippen LogP contribution in [-0.4, -0.2) is 29.4 Å². The van der Waals surface area contributed by atoms with Gasteiger partial charge in [-0.2, -0.15) is 18.3 Å². The number of fused-ring (bicyclic) bond motifs is 1. The molecule has 0 radical (unpaired) electrons. The monoisotopic (exact) mass is 539 g/mol. The standard InChI is InChI=1S/C28H25F4N5O2/c1-27(2,39)17-9-12-37-23(13-17)33-24(16-7-5-4-6-8-16)25(37)34-26(38)19-14-18(22-10-11-36(3)35-22)20(15-21(19)29)28(30,31)32/h4-15,26,34,38-39H,1-3H3. The van der Waals surface area contributed by atoms with Gasteiger partial charge < -0.3 is 15.5 Å². The molecule has 11 heteroatoms. The van der Waals surface area contributed by atoms with E-state index in [4.69, 9.17) is 0 Å². The van der Waals surface area contributed by atoms with E-state index >= 15 is 4.39 Å². The maximum absolute atomic E-state index is 15.1. The molecule has 3 aromatic heterocycles. The van der Waals surface area contributed by atoms with Crippen molar-refractivity contribution in [2.75, 3.05) is 5.32 Å². The van der Waals surface area contributed by atoms with Gasteiger partial charge in [0.05, 0.1) is 16.9 Å². The number of nitrogens with one attached hydrogen (secondary N) is 1. The van der Waals surface area contributed by atoms with Gasteiger partial charge in [0.2, 0.25) is 0 Å². The van der Waals surface area contributed by atoms with E-state index in [0.29, 0.717) is 28.5 Å². The number of aromatic nitrogens is 4. The highest BCUT2D eigenvalue weighted by molar-refractivity contribution is 5.77. The Kier molecular flexibility index (Phi) is 6.44. The smallest absolute Gasteiger partial charge is 0.386 e. The molecule has 3 N–H and O–H groups in total. The fraction of sp³-hybridized carbons (Fsp3) is 0.214. The molecule has 0 saturated heterocycles. The normalized spacial score (nSPS) is 13.2. The highest BCUT2D eigenvalue weighted by Gasteiger charge is 2.36. The first-order chi connectivity index (χ1) is 18.3. The Morgan fingerprint density at radius 1 is 0.974 bits per heavy atom. The molecule has 0 spiro atoms. The summed E-state index contributed by atoms with van der Waals surface area (Å²) in [5.41, 5.74) is -0.986. The molecule has 7 nitrogen and oxygen atoms in total. The number of aliphatic hydroxyl groups excluding tert-OH is 1. The van der Waals surface area contributed by atoms with Gasteiger partial charge in [0.25, 0.3) is 0 Å². The lowest BCUT2D eigenvalue weighted by Crippen LogP contribution is -2.17. The topological polar surface area (TPSA) is 87.6 Å². The van der Waals surface area contributed by atoms with Gasteiger partial charge in [-0.3, -0.25) is 9.08 Å². The van der Waals surface area contributed by atoms with Crippen LogP contribution < -0.4 is 5.32 Å². The molecule has 5 aromatic rings. The maximum Gasteiger partial charge on any atom is 0.417 e. The molecule has 0 amide bonds. The highest BCUT2D eigenvalue weighted by atomic mass is 19.4. The lowest BCUT2D eigenvalue weighted by molar-refractivity contribution is -0.137. The molecular formula is C28H25F4N5O2. The zero-order chi connectivity index (χ0) is 28.1. The van der Waals surface area contributed by atoms with E-state index < -0.39 is 34.9 Å². The lowest BCUT2D eigenvalue weighted by Gasteiger charge is -2.20. The number of halogens is 4. The molecule has 1 unspecified atom stereocenters. The molecular weight excluding hydrogens is 514 g/mol. The fourth-order valence-electron chi connectivity index (χ4n) is 4.37. The molecule has 1 atom stereocenters. The van der Waals surface area contributed by atoms with Crippen LogP contribution in [0.2, 0.25) is 0 Å². The van der Waals surface area contributed by atoms with Crippen molar-refractivity contribution >= 4 is 11.5 Å². The Hall–Kier alpha value is -4.22. The summed E-state index contributed by atoms with van der Waals surface area (Å²) >= 11 is 0. The van der Waals surface area contributed by atoms with Gasteiger partial charge in [-0.1, -0.05) is 30.3 Å². The van der Waals surface area contributed by atoms with Crippen LogP contribution in [0.5, 0.6) is 0 Å². The maximum atomic E-state index is 15.1. The molecule has 0 saturated carbocycles. The molecule has 0 aliphatic heterocycles. The summed E-state index contributed by atoms with van der Waals surface area (Å²) < 4.78 is 59.4. The van der Waals surface area contributed by atoms with Crippen molar-refractivity contribution in [3.63, 3.8) is 0 Å². The van der Waals surface area contributed by atoms with Crippen LogP contribution in [0.15, 0.2) is 73.1 Å². The fourth-order valence-corrected chi connectivity index (χ4v) is 4.37. The largest absolute Gasteiger partial charge is 0.417 e. The minimum absolute atomic E-state index is 0.0165. The molecule has 0 aliphatic carbocycles. The number of pyridine rings is 1. The number of nitrogens with zero attached hydrogens (tertiary/aromatic N) is 4. The van der Waals surface area contributed by atoms with Crippen LogP contribution >= 0.6 is 0 Å². The highest BCUT2D eigenvalue weighted by Crippen LogP contribution is 2.40. The van der Waals surface area contributed by atoms with Crippen LogP contribution in [0.3, 0.4) is 0 Å². The summed E-state index contributed by atoms with van der Waals surface area (Å²) in [6.45, 7) is 3.27. The van der Waals surface area contributed by atoms with E-state index in [0.717, 1.165) is 6.07 Å². The molecule has 3 heterocycles. The molecule has 202 valence electrons. The van der Waals surface area contributed by atoms with Gasteiger partial charge in [0.1, 0.15) is 23.0 Å². The first-order valence-electron chi connectivity index (χ1n) is 12.0. The van der Waals surface area contributed by atoms with Crippen molar-refractivity contribution in [2.24, 2.45) is 7.05 Å². The average Bonchev–Trinajstić information content (AvgIpc) is 3.46. The van der Waals surface area contributed by atoms with E-state index in [2.05, 4.69) is 15.4 Å². The predicted octanol–water partition coefficient (Wildman–Crippen LogP) is 5.89. The molecule has 0 fully saturated rings. The van der Waals surface area contributed by atoms with E-state index in [1.165, 1.54) is 16.9 Å². The van der Waals surface area contributed by atoms with E-state index in [9.17, 15) is 23.4 Å². The van der Waals surface area contributed by atoms with Crippen LogP contribution in [0.1, 0.15) is 36.8 Å². The summed E-state index contributed by atoms with van der Waals surface area (Å²) in [6.07, 6.45) is -3.48. The molecule has 5 rings (SSSR count). The van der Waals surface area contributed by atoms with Crippen LogP contribution in [-0.2, 0) is 18.8 Å². The predicted molar refractivity (Wildman–Crippen MR) is 138 cm³/mol. The Balaban J connectivity index is 1.63. The second-order valence-corrected chi connectivity index (χ2v) is 9.72. The third-order valence-corrected chi connectivity index (χ3v) is 6.38. The third kappa shape index (κ3) is 5.10. The number of aryl methyl sites for hydroxylation is 1. The first kappa shape index (κ1) is 26.4. The minimum atomic E-state index is -4.84. The molecule has 2 aromatic carbocycles. The van der Waals surface area contributed by atoms with Crippen LogP contribution in [0, 0.1) is 5.82 Å². The van der Waals surface area contributed by atoms with Crippen LogP contribution in [0.4, 0.5) is 23.4 Å². The number of alkyl halides is 3. The quantitative estimate of drug-likeness (QED) is 0.185. The van der Waals surface area contributed by atoms with Crippen molar-refractivity contribution in [1.29, 1.82) is 0 Å². The van der Waals surface area contributed by atoms with Crippen molar-refractivity contribution < 1.29 is 27.8 Å². The van der Waals surface area contributed by atoms with Crippen LogP contribution in [0.25, 0.3) is 28.2 Å². The SMILES string of the molecule is Cn1ccc(-c2cc(C(O)Nc3c(-c4ccccc4)nc4cc(C(C)(C)O)ccn34)c(F)cc2C(F)(F)F)n1. The van der Waals surface area contributed by atoms with Gasteiger partial charge in [0, 0.05) is 36.1 Å². The Morgan fingerprint density at radius 2 is 1.69 bits per heavy atom. The minimum Gasteiger partial charge on any atom is -0.386 e. The number of hydrogen-bond donors (Lipinski definition) is 3. The van der Waals surface area contributed by atoms with E-state index in [-0.39, 0.29) is 17.1 Å². The summed E-state index contributed by atoms with van der Waals surface area (Å²) in [5, 5.41) is 28.4. The van der Waals surface area contributed by atoms with E-state index in [1.54, 1.807) is 67.9 Å². The zero-order valence-corrected chi connectivity index (χ0v) is 21.2. The lowest BCUT2D eigenvalue weighted by atomic mass is 9.99. The van der Waals surface area contributed by atoms with Gasteiger partial charge >= 0.3 is 6.18 Å². The first-order valence-corrected chi connectivity index (χ1v) is 12.0. The van der Waals surface area contributed by atoms with Gasteiger partial charge in [-0.25, -0.2) is 9.37 Å². The van der Waals surface area contributed by atoms with Crippen molar-refractivity contribution in [2.45, 2.75) is 31.9 Å². The van der Waals surface area contributed by atoms with E-state index in [1.807, 2.05) is 6.07 Å². The van der Waals surface area contributed by atoms with Gasteiger partial charge in [0.15, 0.2) is 6.23 Å². The summed E-state index contributed by atoms with van der Waals surface area (Å²) in [6, 6.07) is 15.1. The number of rotatable bonds is 6. The number of hydrogen-bond acceptors (Lipinski definition) is 5. The molecule has 0 aliphatic rings. The number of benzene rings is 2. The zero-order valence-electron chi connectivity index (χ0n) is 21.2. The third-order valence-electron chi connectivity index (χ3n) is 6.38. The van der Waals surface area contributed by atoms with Gasteiger partial charge in [-0.05, 0) is 49.7 Å². The molecule has 39 heavy (non-hydrogen) atoms. The summed E-state index contributed by atoms with van der Waals surface area (Å²) in [7, 11) is 1.55. The second kappa shape index (κ2) is 9.51.